The molecule has 0 aliphatic rings. The molecule has 0 radical (unpaired) electrons. The molecule has 0 fully saturated rings. The molecular weight excluding hydrogens is 801 g/mol. The predicted octanol–water partition coefficient (Wildman–Crippen LogP) is 6.48. The fraction of sp³-hybridized carbons (Fsp3) is 0.292. The fourth-order valence-corrected chi connectivity index (χ4v) is 5.52. The molecule has 0 aliphatic carbocycles. The molecule has 14 heteroatoms. The van der Waals surface area contributed by atoms with Crippen molar-refractivity contribution in [3.63, 3.8) is 0 Å². The summed E-state index contributed by atoms with van der Waals surface area (Å²) < 4.78 is 44.0. The van der Waals surface area contributed by atoms with Gasteiger partial charge in [-0.2, -0.15) is 0 Å². The lowest BCUT2D eigenvalue weighted by atomic mass is 10.0. The molecule has 62 heavy (non-hydrogen) atoms. The van der Waals surface area contributed by atoms with Gasteiger partial charge in [-0.15, -0.1) is 0 Å². The summed E-state index contributed by atoms with van der Waals surface area (Å²) in [5.41, 5.74) is 2.19. The predicted molar refractivity (Wildman–Crippen MR) is 226 cm³/mol. The molecule has 0 N–H and O–H groups in total. The molecule has 4 rings (SSSR count). The molecule has 0 bridgehead atoms. The molecule has 326 valence electrons. The highest BCUT2D eigenvalue weighted by Gasteiger charge is 2.18. The molecule has 2 atom stereocenters. The van der Waals surface area contributed by atoms with Gasteiger partial charge in [-0.25, -0.2) is 9.59 Å². The largest absolute Gasteiger partial charge is 0.491 e. The van der Waals surface area contributed by atoms with Gasteiger partial charge in [0.15, 0.2) is 11.6 Å². The number of ketones is 2. The molecule has 0 aromatic heterocycles. The number of esters is 4. The van der Waals surface area contributed by atoms with E-state index in [-0.39, 0.29) is 90.1 Å². The maximum Gasteiger partial charge on any atom is 0.330 e. The number of carbonyl (C=O) groups is 6. The van der Waals surface area contributed by atoms with Crippen LogP contribution in [0.15, 0.2) is 135 Å². The lowest BCUT2D eigenvalue weighted by Crippen LogP contribution is -2.27. The number of hydrogen-bond acceptors (Lipinski definition) is 14. The van der Waals surface area contributed by atoms with Crippen molar-refractivity contribution >= 4 is 35.4 Å². The van der Waals surface area contributed by atoms with Crippen molar-refractivity contribution in [1.29, 1.82) is 0 Å². The van der Waals surface area contributed by atoms with Gasteiger partial charge in [0.2, 0.25) is 0 Å². The van der Waals surface area contributed by atoms with Gasteiger partial charge in [-0.3, -0.25) is 19.2 Å². The summed E-state index contributed by atoms with van der Waals surface area (Å²) in [7, 11) is 0. The van der Waals surface area contributed by atoms with E-state index in [0.717, 1.165) is 12.2 Å². The lowest BCUT2D eigenvalue weighted by Gasteiger charge is -2.19. The molecule has 0 saturated heterocycles. The molecule has 4 aromatic rings. The van der Waals surface area contributed by atoms with E-state index in [1.165, 1.54) is 0 Å². The van der Waals surface area contributed by atoms with Crippen LogP contribution in [0.25, 0.3) is 0 Å². The minimum Gasteiger partial charge on any atom is -0.491 e. The van der Waals surface area contributed by atoms with Crippen LogP contribution in [0.5, 0.6) is 11.5 Å². The first-order chi connectivity index (χ1) is 30.1. The zero-order valence-electron chi connectivity index (χ0n) is 34.3. The SMILES string of the molecule is C=CC(=O)OCCC(COC(=O)CCC(=O)OCC(CCOC(=O)C=C)OCCOc1ccc(C(=O)c2ccccc2)cc1)OCCOc1ccc(C(=O)c2ccccc2)cc1. The van der Waals surface area contributed by atoms with Gasteiger partial charge in [-0.05, 0) is 48.5 Å². The Morgan fingerprint density at radius 2 is 0.790 bits per heavy atom. The van der Waals surface area contributed by atoms with E-state index < -0.39 is 36.1 Å². The molecule has 14 nitrogen and oxygen atoms in total. The van der Waals surface area contributed by atoms with Crippen molar-refractivity contribution in [2.45, 2.75) is 37.9 Å². The summed E-state index contributed by atoms with van der Waals surface area (Å²) in [5.74, 6) is -1.77. The first-order valence-electron chi connectivity index (χ1n) is 19.9. The molecular formula is C48H50O14. The molecule has 0 amide bonds. The molecule has 0 aliphatic heterocycles. The third kappa shape index (κ3) is 17.8. The van der Waals surface area contributed by atoms with Crippen molar-refractivity contribution < 1.29 is 66.7 Å². The van der Waals surface area contributed by atoms with Crippen LogP contribution in [0, 0.1) is 0 Å². The Bertz CT molecular complexity index is 1900. The minimum atomic E-state index is -0.682. The highest BCUT2D eigenvalue weighted by atomic mass is 16.6. The van der Waals surface area contributed by atoms with Crippen molar-refractivity contribution in [1.82, 2.24) is 0 Å². The average molecular weight is 851 g/mol. The van der Waals surface area contributed by atoms with E-state index in [1.54, 1.807) is 97.1 Å². The van der Waals surface area contributed by atoms with Gasteiger partial charge in [0.25, 0.3) is 0 Å². The van der Waals surface area contributed by atoms with Gasteiger partial charge < -0.3 is 37.9 Å². The Morgan fingerprint density at radius 1 is 0.435 bits per heavy atom. The van der Waals surface area contributed by atoms with Crippen LogP contribution in [-0.4, -0.2) is 101 Å². The Hall–Kier alpha value is -6.90. The highest BCUT2D eigenvalue weighted by Crippen LogP contribution is 2.17. The van der Waals surface area contributed by atoms with Crippen LogP contribution in [-0.2, 0) is 47.6 Å². The summed E-state index contributed by atoms with van der Waals surface area (Å²) in [6, 6.07) is 31.3. The zero-order chi connectivity index (χ0) is 44.4. The van der Waals surface area contributed by atoms with Crippen LogP contribution in [0.2, 0.25) is 0 Å². The smallest absolute Gasteiger partial charge is 0.330 e. The first kappa shape index (κ1) is 47.8. The van der Waals surface area contributed by atoms with E-state index >= 15 is 0 Å². The van der Waals surface area contributed by atoms with Crippen molar-refractivity contribution in [2.24, 2.45) is 0 Å². The number of hydrogen-bond donors (Lipinski definition) is 0. The summed E-state index contributed by atoms with van der Waals surface area (Å²) in [4.78, 5) is 73.6. The second-order valence-electron chi connectivity index (χ2n) is 13.3. The first-order valence-corrected chi connectivity index (χ1v) is 19.9. The van der Waals surface area contributed by atoms with Crippen LogP contribution in [0.4, 0.5) is 0 Å². The quantitative estimate of drug-likeness (QED) is 0.0191. The van der Waals surface area contributed by atoms with Gasteiger partial charge in [0.1, 0.15) is 37.9 Å². The normalized spacial score (nSPS) is 11.5. The summed E-state index contributed by atoms with van der Waals surface area (Å²) >= 11 is 0. The summed E-state index contributed by atoms with van der Waals surface area (Å²) in [5, 5.41) is 0. The van der Waals surface area contributed by atoms with Crippen LogP contribution < -0.4 is 9.47 Å². The highest BCUT2D eigenvalue weighted by molar-refractivity contribution is 6.09. The van der Waals surface area contributed by atoms with E-state index in [2.05, 4.69) is 13.2 Å². The number of rotatable bonds is 29. The van der Waals surface area contributed by atoms with Crippen molar-refractivity contribution in [2.75, 3.05) is 52.9 Å². The third-order valence-electron chi connectivity index (χ3n) is 8.81. The Balaban J connectivity index is 1.17. The molecule has 0 heterocycles. The van der Waals surface area contributed by atoms with Crippen LogP contribution in [0.3, 0.4) is 0 Å². The minimum absolute atomic E-state index is 0.0240. The summed E-state index contributed by atoms with van der Waals surface area (Å²) in [6.07, 6.45) is 0.549. The molecule has 0 saturated carbocycles. The number of benzene rings is 4. The van der Waals surface area contributed by atoms with E-state index in [4.69, 9.17) is 37.9 Å². The van der Waals surface area contributed by atoms with E-state index in [9.17, 15) is 28.8 Å². The van der Waals surface area contributed by atoms with Gasteiger partial charge in [0.05, 0.1) is 51.5 Å². The van der Waals surface area contributed by atoms with Crippen LogP contribution in [0.1, 0.15) is 57.5 Å². The Kier molecular flexibility index (Phi) is 20.8. The second-order valence-corrected chi connectivity index (χ2v) is 13.3. The van der Waals surface area contributed by atoms with Gasteiger partial charge >= 0.3 is 23.9 Å². The lowest BCUT2D eigenvalue weighted by molar-refractivity contribution is -0.155. The van der Waals surface area contributed by atoms with Crippen molar-refractivity contribution in [3.8, 4) is 11.5 Å². The Labute approximate surface area is 360 Å². The number of carbonyl (C=O) groups excluding carboxylic acids is 6. The van der Waals surface area contributed by atoms with Crippen molar-refractivity contribution in [3.05, 3.63) is 157 Å². The maximum absolute atomic E-state index is 12.7. The molecule has 4 aromatic carbocycles. The Morgan fingerprint density at radius 3 is 1.15 bits per heavy atom. The summed E-state index contributed by atoms with van der Waals surface area (Å²) in [6.45, 7) is 6.78. The van der Waals surface area contributed by atoms with E-state index in [0.29, 0.717) is 33.8 Å². The second kappa shape index (κ2) is 27.0. The average Bonchev–Trinajstić information content (AvgIpc) is 3.31. The number of ether oxygens (including phenoxy) is 8. The standard InChI is InChI=1S/C48H50O14/c1-3-43(49)59-27-25-41(57-31-29-55-39-19-15-37(16-20-39)47(53)35-11-7-5-8-12-35)33-61-45(51)23-24-46(52)62-34-42(26-28-60-44(50)4-2)58-32-30-56-40-21-17-38(18-22-40)48(54)36-13-9-6-10-14-36/h3-22,41-42H,1-2,23-34H2. The fourth-order valence-electron chi connectivity index (χ4n) is 5.52. The molecule has 0 spiro atoms. The molecule has 2 unspecified atom stereocenters. The van der Waals surface area contributed by atoms with Gasteiger partial charge in [0, 0.05) is 47.2 Å². The van der Waals surface area contributed by atoms with Gasteiger partial charge in [-0.1, -0.05) is 73.8 Å². The third-order valence-corrected chi connectivity index (χ3v) is 8.81. The topological polar surface area (TPSA) is 176 Å². The van der Waals surface area contributed by atoms with Crippen LogP contribution >= 0.6 is 0 Å². The monoisotopic (exact) mass is 850 g/mol. The van der Waals surface area contributed by atoms with E-state index in [1.807, 2.05) is 12.1 Å². The zero-order valence-corrected chi connectivity index (χ0v) is 34.3. The maximum atomic E-state index is 12.7.